The van der Waals surface area contributed by atoms with Gasteiger partial charge in [-0.05, 0) is 6.92 Å². The zero-order valence-electron chi connectivity index (χ0n) is 10.3. The number of carbonyl (C=O) groups excluding carboxylic acids is 1. The Kier molecular flexibility index (Phi) is 3.93. The molecule has 2 aromatic rings. The summed E-state index contributed by atoms with van der Waals surface area (Å²) >= 11 is 1.66. The smallest absolute Gasteiger partial charge is 0.241 e. The number of aromatic nitrogens is 3. The highest BCUT2D eigenvalue weighted by atomic mass is 32.1. The molecule has 0 spiro atoms. The first-order valence-corrected chi connectivity index (χ1v) is 6.37. The van der Waals surface area contributed by atoms with Gasteiger partial charge in [-0.2, -0.15) is 5.10 Å². The third-order valence-electron chi connectivity index (χ3n) is 2.35. The lowest BCUT2D eigenvalue weighted by atomic mass is 10.5. The summed E-state index contributed by atoms with van der Waals surface area (Å²) in [4.78, 5) is 16.5. The Bertz CT molecular complexity index is 533. The number of thiazole rings is 1. The molecule has 2 heterocycles. The van der Waals surface area contributed by atoms with Crippen molar-refractivity contribution in [2.45, 2.75) is 20.0 Å². The van der Waals surface area contributed by atoms with E-state index in [4.69, 9.17) is 0 Å². The van der Waals surface area contributed by atoms with E-state index in [-0.39, 0.29) is 12.5 Å². The quantitative estimate of drug-likeness (QED) is 0.846. The number of nitrogens with one attached hydrogen (secondary N) is 2. The van der Waals surface area contributed by atoms with Crippen LogP contribution in [0.1, 0.15) is 9.88 Å². The Morgan fingerprint density at radius 3 is 3.00 bits per heavy atom. The molecule has 0 aliphatic heterocycles. The first kappa shape index (κ1) is 12.6. The second kappa shape index (κ2) is 5.63. The van der Waals surface area contributed by atoms with Gasteiger partial charge in [-0.3, -0.25) is 9.48 Å². The molecule has 0 atom stereocenters. The van der Waals surface area contributed by atoms with Crippen LogP contribution in [0.2, 0.25) is 0 Å². The zero-order chi connectivity index (χ0) is 13.0. The maximum Gasteiger partial charge on any atom is 0.241 e. The number of rotatable bonds is 5. The molecular formula is C11H15N5OS. The SMILES string of the molecule is CNC(=O)Cn1cc(NCc2cnc(C)s2)cn1. The maximum atomic E-state index is 11.2. The summed E-state index contributed by atoms with van der Waals surface area (Å²) in [6.45, 7) is 2.94. The van der Waals surface area contributed by atoms with Gasteiger partial charge in [-0.1, -0.05) is 0 Å². The van der Waals surface area contributed by atoms with Crippen molar-refractivity contribution >= 4 is 22.9 Å². The third-order valence-corrected chi connectivity index (χ3v) is 3.27. The largest absolute Gasteiger partial charge is 0.378 e. The van der Waals surface area contributed by atoms with Gasteiger partial charge < -0.3 is 10.6 Å². The van der Waals surface area contributed by atoms with Crippen molar-refractivity contribution in [1.82, 2.24) is 20.1 Å². The Morgan fingerprint density at radius 2 is 2.33 bits per heavy atom. The number of carbonyl (C=O) groups is 1. The van der Waals surface area contributed by atoms with E-state index in [1.165, 1.54) is 4.88 Å². The van der Waals surface area contributed by atoms with Crippen LogP contribution in [0.25, 0.3) is 0 Å². The van der Waals surface area contributed by atoms with Crippen molar-refractivity contribution < 1.29 is 4.79 Å². The van der Waals surface area contributed by atoms with Crippen LogP contribution in [-0.4, -0.2) is 27.7 Å². The predicted molar refractivity (Wildman–Crippen MR) is 70.5 cm³/mol. The number of likely N-dealkylation sites (N-methyl/N-ethyl adjacent to an activating group) is 1. The molecule has 0 saturated carbocycles. The van der Waals surface area contributed by atoms with Gasteiger partial charge in [0.25, 0.3) is 0 Å². The molecule has 1 amide bonds. The van der Waals surface area contributed by atoms with Crippen LogP contribution >= 0.6 is 11.3 Å². The fourth-order valence-corrected chi connectivity index (χ4v) is 2.18. The monoisotopic (exact) mass is 265 g/mol. The lowest BCUT2D eigenvalue weighted by molar-refractivity contribution is -0.121. The Morgan fingerprint density at radius 1 is 1.50 bits per heavy atom. The van der Waals surface area contributed by atoms with E-state index in [1.807, 2.05) is 19.3 Å². The molecule has 0 radical (unpaired) electrons. The number of aryl methyl sites for hydroxylation is 1. The molecule has 0 fully saturated rings. The highest BCUT2D eigenvalue weighted by molar-refractivity contribution is 7.11. The lowest BCUT2D eigenvalue weighted by Gasteiger charge is -2.00. The van der Waals surface area contributed by atoms with Gasteiger partial charge >= 0.3 is 0 Å². The summed E-state index contributed by atoms with van der Waals surface area (Å²) in [6.07, 6.45) is 5.38. The molecule has 0 aromatic carbocycles. The molecule has 0 unspecified atom stereocenters. The van der Waals surface area contributed by atoms with Crippen LogP contribution in [-0.2, 0) is 17.9 Å². The fourth-order valence-electron chi connectivity index (χ4n) is 1.44. The molecule has 2 N–H and O–H groups in total. The standard InChI is InChI=1S/C11H15N5OS/c1-8-13-4-10(18-8)5-14-9-3-15-16(6-9)7-11(17)12-2/h3-4,6,14H,5,7H2,1-2H3,(H,12,17). The molecular weight excluding hydrogens is 250 g/mol. The van der Waals surface area contributed by atoms with Crippen LogP contribution in [0.5, 0.6) is 0 Å². The number of hydrogen-bond acceptors (Lipinski definition) is 5. The van der Waals surface area contributed by atoms with Gasteiger partial charge in [-0.15, -0.1) is 11.3 Å². The molecule has 2 rings (SSSR count). The van der Waals surface area contributed by atoms with Gasteiger partial charge in [-0.25, -0.2) is 4.98 Å². The molecule has 6 nitrogen and oxygen atoms in total. The molecule has 7 heteroatoms. The molecule has 2 aromatic heterocycles. The van der Waals surface area contributed by atoms with Gasteiger partial charge in [0, 0.05) is 24.3 Å². The van der Waals surface area contributed by atoms with Gasteiger partial charge in [0.15, 0.2) is 0 Å². The summed E-state index contributed by atoms with van der Waals surface area (Å²) in [5, 5.41) is 11.0. The molecule has 18 heavy (non-hydrogen) atoms. The first-order valence-electron chi connectivity index (χ1n) is 5.55. The van der Waals surface area contributed by atoms with E-state index in [9.17, 15) is 4.79 Å². The Hall–Kier alpha value is -1.89. The topological polar surface area (TPSA) is 71.8 Å². The van der Waals surface area contributed by atoms with E-state index in [2.05, 4.69) is 20.7 Å². The van der Waals surface area contributed by atoms with E-state index in [0.717, 1.165) is 17.2 Å². The van der Waals surface area contributed by atoms with Crippen LogP contribution < -0.4 is 10.6 Å². The summed E-state index contributed by atoms with van der Waals surface area (Å²) in [5.41, 5.74) is 0.893. The van der Waals surface area contributed by atoms with E-state index in [0.29, 0.717) is 0 Å². The van der Waals surface area contributed by atoms with Crippen LogP contribution in [0.4, 0.5) is 5.69 Å². The third kappa shape index (κ3) is 3.30. The molecule has 0 aliphatic carbocycles. The number of anilines is 1. The van der Waals surface area contributed by atoms with Crippen molar-refractivity contribution in [1.29, 1.82) is 0 Å². The average Bonchev–Trinajstić information content (AvgIpc) is 2.96. The Balaban J connectivity index is 1.88. The van der Waals surface area contributed by atoms with Crippen molar-refractivity contribution in [2.75, 3.05) is 12.4 Å². The molecule has 0 saturated heterocycles. The average molecular weight is 265 g/mol. The van der Waals surface area contributed by atoms with Crippen molar-refractivity contribution in [3.05, 3.63) is 28.5 Å². The number of amides is 1. The van der Waals surface area contributed by atoms with Crippen molar-refractivity contribution in [2.24, 2.45) is 0 Å². The van der Waals surface area contributed by atoms with Crippen LogP contribution in [0, 0.1) is 6.92 Å². The van der Waals surface area contributed by atoms with E-state index >= 15 is 0 Å². The summed E-state index contributed by atoms with van der Waals surface area (Å²) in [7, 11) is 1.61. The molecule has 96 valence electrons. The number of nitrogens with zero attached hydrogens (tertiary/aromatic N) is 3. The van der Waals surface area contributed by atoms with E-state index < -0.39 is 0 Å². The number of hydrogen-bond donors (Lipinski definition) is 2. The minimum Gasteiger partial charge on any atom is -0.378 e. The second-order valence-corrected chi connectivity index (χ2v) is 5.12. The van der Waals surface area contributed by atoms with Gasteiger partial charge in [0.2, 0.25) is 5.91 Å². The van der Waals surface area contributed by atoms with Gasteiger partial charge in [0.05, 0.1) is 23.4 Å². The van der Waals surface area contributed by atoms with E-state index in [1.54, 1.807) is 29.3 Å². The van der Waals surface area contributed by atoms with Crippen LogP contribution in [0.15, 0.2) is 18.6 Å². The summed E-state index contributed by atoms with van der Waals surface area (Å²) < 4.78 is 1.60. The highest BCUT2D eigenvalue weighted by Crippen LogP contribution is 2.14. The first-order chi connectivity index (χ1) is 8.67. The van der Waals surface area contributed by atoms with Crippen molar-refractivity contribution in [3.8, 4) is 0 Å². The summed E-state index contributed by atoms with van der Waals surface area (Å²) in [6, 6.07) is 0. The lowest BCUT2D eigenvalue weighted by Crippen LogP contribution is -2.23. The maximum absolute atomic E-state index is 11.2. The minimum absolute atomic E-state index is 0.0669. The van der Waals surface area contributed by atoms with Crippen LogP contribution in [0.3, 0.4) is 0 Å². The fraction of sp³-hybridized carbons (Fsp3) is 0.364. The van der Waals surface area contributed by atoms with Crippen molar-refractivity contribution in [3.63, 3.8) is 0 Å². The minimum atomic E-state index is -0.0669. The molecule has 0 bridgehead atoms. The Labute approximate surface area is 109 Å². The normalized spacial score (nSPS) is 10.3. The second-order valence-electron chi connectivity index (χ2n) is 3.80. The summed E-state index contributed by atoms with van der Waals surface area (Å²) in [5.74, 6) is -0.0669. The van der Waals surface area contributed by atoms with Gasteiger partial charge in [0.1, 0.15) is 6.54 Å². The highest BCUT2D eigenvalue weighted by Gasteiger charge is 2.03. The predicted octanol–water partition coefficient (Wildman–Crippen LogP) is 1.01. The zero-order valence-corrected chi connectivity index (χ0v) is 11.1. The molecule has 0 aliphatic rings.